The Morgan fingerprint density at radius 1 is 1.19 bits per heavy atom. The normalized spacial score (nSPS) is 11.4. The van der Waals surface area contributed by atoms with Gasteiger partial charge < -0.3 is 5.32 Å². The molecule has 0 fully saturated rings. The molecule has 0 aliphatic carbocycles. The van der Waals surface area contributed by atoms with Crippen LogP contribution in [0.3, 0.4) is 0 Å². The van der Waals surface area contributed by atoms with E-state index in [1.165, 1.54) is 12.1 Å². The Bertz CT molecular complexity index is 610. The van der Waals surface area contributed by atoms with Crippen molar-refractivity contribution in [2.75, 3.05) is 6.54 Å². The molecule has 1 rings (SSSR count). The summed E-state index contributed by atoms with van der Waals surface area (Å²) in [6, 6.07) is 2.84. The maximum atomic E-state index is 12.2. The summed E-state index contributed by atoms with van der Waals surface area (Å²) in [5, 5.41) is 7.97. The van der Waals surface area contributed by atoms with E-state index in [2.05, 4.69) is 12.2 Å². The van der Waals surface area contributed by atoms with E-state index in [1.54, 1.807) is 13.8 Å². The highest BCUT2D eigenvalue weighted by atomic mass is 32.2. The number of nitrogens with one attached hydrogen (secondary N) is 1. The molecule has 0 aromatic heterocycles. The van der Waals surface area contributed by atoms with E-state index in [1.807, 2.05) is 0 Å². The third-order valence-corrected chi connectivity index (χ3v) is 4.42. The van der Waals surface area contributed by atoms with Crippen LogP contribution in [0, 0.1) is 13.8 Å². The first kappa shape index (κ1) is 17.7. The fourth-order valence-electron chi connectivity index (χ4n) is 2.08. The van der Waals surface area contributed by atoms with Crippen LogP contribution in [-0.4, -0.2) is 20.9 Å². The number of benzene rings is 1. The van der Waals surface area contributed by atoms with Gasteiger partial charge in [0, 0.05) is 12.1 Å². The number of rotatable bonds is 7. The molecule has 0 aliphatic rings. The van der Waals surface area contributed by atoms with Gasteiger partial charge in [0.2, 0.25) is 10.0 Å². The summed E-state index contributed by atoms with van der Waals surface area (Å²) < 4.78 is 22.9. The molecule has 118 valence electrons. The smallest absolute Gasteiger partial charge is 0.251 e. The minimum absolute atomic E-state index is 0.0262. The number of unbranched alkanes of at least 4 members (excludes halogenated alkanes) is 3. The third-order valence-electron chi connectivity index (χ3n) is 3.53. The summed E-state index contributed by atoms with van der Waals surface area (Å²) in [6.07, 6.45) is 4.29. The molecular formula is C15H24N2O3S. The van der Waals surface area contributed by atoms with Gasteiger partial charge >= 0.3 is 0 Å². The molecule has 0 radical (unpaired) electrons. The summed E-state index contributed by atoms with van der Waals surface area (Å²) in [7, 11) is -3.81. The lowest BCUT2D eigenvalue weighted by Crippen LogP contribution is -2.26. The summed E-state index contributed by atoms with van der Waals surface area (Å²) in [5.41, 5.74) is 1.88. The maximum Gasteiger partial charge on any atom is 0.251 e. The average molecular weight is 312 g/mol. The number of hydrogen-bond acceptors (Lipinski definition) is 3. The highest BCUT2D eigenvalue weighted by molar-refractivity contribution is 7.89. The Morgan fingerprint density at radius 3 is 2.43 bits per heavy atom. The summed E-state index contributed by atoms with van der Waals surface area (Å²) >= 11 is 0. The molecule has 0 atom stereocenters. The predicted molar refractivity (Wildman–Crippen MR) is 83.8 cm³/mol. The number of sulfonamides is 1. The SMILES string of the molecule is CCCCCCNC(=O)c1cc(S(N)(=O)=O)cc(C)c1C. The maximum absolute atomic E-state index is 12.2. The number of aryl methyl sites for hydroxylation is 1. The topological polar surface area (TPSA) is 89.3 Å². The zero-order valence-corrected chi connectivity index (χ0v) is 13.7. The number of amides is 1. The Hall–Kier alpha value is -1.40. The second kappa shape index (κ2) is 7.56. The van der Waals surface area contributed by atoms with Crippen LogP contribution < -0.4 is 10.5 Å². The minimum Gasteiger partial charge on any atom is -0.352 e. The van der Waals surface area contributed by atoms with E-state index in [0.717, 1.165) is 36.8 Å². The van der Waals surface area contributed by atoms with Gasteiger partial charge in [0.05, 0.1) is 4.90 Å². The van der Waals surface area contributed by atoms with Crippen molar-refractivity contribution in [2.45, 2.75) is 51.3 Å². The second-order valence-corrected chi connectivity index (χ2v) is 6.84. The monoisotopic (exact) mass is 312 g/mol. The Labute approximate surface area is 127 Å². The molecule has 5 nitrogen and oxygen atoms in total. The van der Waals surface area contributed by atoms with Crippen molar-refractivity contribution in [2.24, 2.45) is 5.14 Å². The molecule has 0 spiro atoms. The van der Waals surface area contributed by atoms with Gasteiger partial charge in [0.15, 0.2) is 0 Å². The van der Waals surface area contributed by atoms with Gasteiger partial charge in [-0.1, -0.05) is 26.2 Å². The van der Waals surface area contributed by atoms with Crippen molar-refractivity contribution >= 4 is 15.9 Å². The van der Waals surface area contributed by atoms with Gasteiger partial charge in [0.1, 0.15) is 0 Å². The Balaban J connectivity index is 2.86. The molecule has 0 aliphatic heterocycles. The molecule has 0 heterocycles. The van der Waals surface area contributed by atoms with Crippen LogP contribution >= 0.6 is 0 Å². The molecule has 1 amide bonds. The van der Waals surface area contributed by atoms with E-state index >= 15 is 0 Å². The zero-order valence-electron chi connectivity index (χ0n) is 12.9. The van der Waals surface area contributed by atoms with Crippen LogP contribution in [0.1, 0.15) is 54.1 Å². The molecule has 1 aromatic carbocycles. The van der Waals surface area contributed by atoms with Gasteiger partial charge in [-0.05, 0) is 43.5 Å². The summed E-state index contributed by atoms with van der Waals surface area (Å²) in [6.45, 7) is 6.29. The Morgan fingerprint density at radius 2 is 1.86 bits per heavy atom. The molecule has 6 heteroatoms. The third kappa shape index (κ3) is 5.13. The lowest BCUT2D eigenvalue weighted by Gasteiger charge is -2.11. The standard InChI is InChI=1S/C15H24N2O3S/c1-4-5-6-7-8-17-15(18)14-10-13(21(16,19)20)9-11(2)12(14)3/h9-10H,4-8H2,1-3H3,(H,17,18)(H2,16,19,20). The lowest BCUT2D eigenvalue weighted by atomic mass is 10.0. The first-order chi connectivity index (χ1) is 9.77. The molecule has 0 unspecified atom stereocenters. The largest absolute Gasteiger partial charge is 0.352 e. The van der Waals surface area contributed by atoms with Gasteiger partial charge in [-0.3, -0.25) is 4.79 Å². The number of primary sulfonamides is 1. The molecule has 1 aromatic rings. The zero-order chi connectivity index (χ0) is 16.0. The average Bonchev–Trinajstić information content (AvgIpc) is 2.40. The van der Waals surface area contributed by atoms with Gasteiger partial charge in [0.25, 0.3) is 5.91 Å². The summed E-state index contributed by atoms with van der Waals surface area (Å²) in [5.74, 6) is -0.252. The fraction of sp³-hybridized carbons (Fsp3) is 0.533. The highest BCUT2D eigenvalue weighted by Gasteiger charge is 2.16. The van der Waals surface area contributed by atoms with Crippen LogP contribution in [0.25, 0.3) is 0 Å². The minimum atomic E-state index is -3.81. The molecular weight excluding hydrogens is 288 g/mol. The number of carbonyl (C=O) groups excluding carboxylic acids is 1. The van der Waals surface area contributed by atoms with Crippen LogP contribution in [0.5, 0.6) is 0 Å². The fourth-order valence-corrected chi connectivity index (χ4v) is 2.70. The van der Waals surface area contributed by atoms with Crippen molar-refractivity contribution in [1.29, 1.82) is 0 Å². The lowest BCUT2D eigenvalue weighted by molar-refractivity contribution is 0.0952. The van der Waals surface area contributed by atoms with Gasteiger partial charge in [-0.2, -0.15) is 0 Å². The molecule has 21 heavy (non-hydrogen) atoms. The van der Waals surface area contributed by atoms with Crippen molar-refractivity contribution in [3.8, 4) is 0 Å². The van der Waals surface area contributed by atoms with Crippen molar-refractivity contribution in [1.82, 2.24) is 5.32 Å². The second-order valence-electron chi connectivity index (χ2n) is 5.27. The Kier molecular flexibility index (Phi) is 6.36. The molecule has 0 saturated heterocycles. The number of nitrogens with two attached hydrogens (primary N) is 1. The highest BCUT2D eigenvalue weighted by Crippen LogP contribution is 2.19. The summed E-state index contributed by atoms with van der Waals surface area (Å²) in [4.78, 5) is 12.2. The van der Waals surface area contributed by atoms with Crippen molar-refractivity contribution < 1.29 is 13.2 Å². The van der Waals surface area contributed by atoms with E-state index < -0.39 is 10.0 Å². The van der Waals surface area contributed by atoms with Crippen molar-refractivity contribution in [3.05, 3.63) is 28.8 Å². The van der Waals surface area contributed by atoms with E-state index in [9.17, 15) is 13.2 Å². The van der Waals surface area contributed by atoms with E-state index in [4.69, 9.17) is 5.14 Å². The molecule has 3 N–H and O–H groups in total. The van der Waals surface area contributed by atoms with Crippen LogP contribution in [0.4, 0.5) is 0 Å². The van der Waals surface area contributed by atoms with Gasteiger partial charge in [-0.15, -0.1) is 0 Å². The molecule has 0 bridgehead atoms. The molecule has 0 saturated carbocycles. The first-order valence-electron chi connectivity index (χ1n) is 7.19. The van der Waals surface area contributed by atoms with Crippen molar-refractivity contribution in [3.63, 3.8) is 0 Å². The quantitative estimate of drug-likeness (QED) is 0.757. The first-order valence-corrected chi connectivity index (χ1v) is 8.74. The number of hydrogen-bond donors (Lipinski definition) is 2. The van der Waals surface area contributed by atoms with Crippen LogP contribution in [0.2, 0.25) is 0 Å². The van der Waals surface area contributed by atoms with Crippen LogP contribution in [-0.2, 0) is 10.0 Å². The number of carbonyl (C=O) groups is 1. The van der Waals surface area contributed by atoms with E-state index in [0.29, 0.717) is 12.1 Å². The van der Waals surface area contributed by atoms with E-state index in [-0.39, 0.29) is 10.8 Å². The predicted octanol–water partition coefficient (Wildman–Crippen LogP) is 2.26. The van der Waals surface area contributed by atoms with Gasteiger partial charge in [-0.25, -0.2) is 13.6 Å². The van der Waals surface area contributed by atoms with Crippen LogP contribution in [0.15, 0.2) is 17.0 Å².